The lowest BCUT2D eigenvalue weighted by Crippen LogP contribution is -2.31. The van der Waals surface area contributed by atoms with E-state index in [-0.39, 0.29) is 31.3 Å². The predicted octanol–water partition coefficient (Wildman–Crippen LogP) is 5.49. The zero-order chi connectivity index (χ0) is 27.4. The third-order valence-corrected chi connectivity index (χ3v) is 5.38. The molecule has 2 aromatic carbocycles. The van der Waals surface area contributed by atoms with Crippen molar-refractivity contribution in [1.82, 2.24) is 4.90 Å². The number of alkyl halides is 6. The first-order chi connectivity index (χ1) is 17.3. The maximum Gasteiger partial charge on any atom is 0.425 e. The average Bonchev–Trinajstić information content (AvgIpc) is 2.81. The fourth-order valence-electron chi connectivity index (χ4n) is 3.47. The third kappa shape index (κ3) is 7.78. The van der Waals surface area contributed by atoms with Gasteiger partial charge in [-0.1, -0.05) is 6.07 Å². The fraction of sp³-hybridized carbons (Fsp3) is 0.400. The Bertz CT molecular complexity index is 1150. The van der Waals surface area contributed by atoms with Crippen molar-refractivity contribution >= 4 is 12.0 Å². The largest absolute Gasteiger partial charge is 0.489 e. The van der Waals surface area contributed by atoms with E-state index in [2.05, 4.69) is 9.47 Å². The first kappa shape index (κ1) is 28.2. The normalized spacial score (nSPS) is 14.4. The lowest BCUT2D eigenvalue weighted by molar-refractivity contribution is -0.191. The molecule has 0 aromatic heterocycles. The second-order valence-corrected chi connectivity index (χ2v) is 8.46. The van der Waals surface area contributed by atoms with Gasteiger partial charge in [0.1, 0.15) is 30.5 Å². The number of esters is 1. The molecule has 0 fully saturated rings. The molecule has 0 N–H and O–H groups in total. The summed E-state index contributed by atoms with van der Waals surface area (Å²) in [6, 6.07) is 7.69. The number of hydrogen-bond acceptors (Lipinski definition) is 6. The maximum atomic E-state index is 13.5. The van der Waals surface area contributed by atoms with E-state index in [1.54, 1.807) is 30.1 Å². The van der Waals surface area contributed by atoms with Crippen molar-refractivity contribution < 1.29 is 50.1 Å². The van der Waals surface area contributed by atoms with E-state index in [0.717, 1.165) is 17.2 Å². The Morgan fingerprint density at radius 3 is 2.49 bits per heavy atom. The molecule has 3 rings (SSSR count). The molecule has 6 nitrogen and oxygen atoms in total. The average molecular weight is 533 g/mol. The van der Waals surface area contributed by atoms with Gasteiger partial charge in [0.15, 0.2) is 6.10 Å². The van der Waals surface area contributed by atoms with E-state index in [0.29, 0.717) is 31.0 Å². The van der Waals surface area contributed by atoms with Gasteiger partial charge in [0.05, 0.1) is 19.2 Å². The van der Waals surface area contributed by atoms with Crippen molar-refractivity contribution in [3.05, 3.63) is 58.7 Å². The van der Waals surface area contributed by atoms with Crippen LogP contribution in [-0.4, -0.2) is 57.0 Å². The summed E-state index contributed by atoms with van der Waals surface area (Å²) in [7, 11) is 3.08. The lowest BCUT2D eigenvalue weighted by Gasteiger charge is -2.22. The highest BCUT2D eigenvalue weighted by Crippen LogP contribution is 2.39. The minimum Gasteiger partial charge on any atom is -0.489 e. The van der Waals surface area contributed by atoms with Crippen LogP contribution < -0.4 is 14.2 Å². The van der Waals surface area contributed by atoms with Crippen molar-refractivity contribution in [3.63, 3.8) is 0 Å². The number of halogens is 6. The van der Waals surface area contributed by atoms with Crippen molar-refractivity contribution in [2.24, 2.45) is 0 Å². The zero-order valence-electron chi connectivity index (χ0n) is 20.2. The lowest BCUT2D eigenvalue weighted by atomic mass is 10.1. The summed E-state index contributed by atoms with van der Waals surface area (Å²) in [6.45, 7) is 1.24. The second kappa shape index (κ2) is 11.3. The summed E-state index contributed by atoms with van der Waals surface area (Å²) >= 11 is 0. The predicted molar refractivity (Wildman–Crippen MR) is 121 cm³/mol. The van der Waals surface area contributed by atoms with Crippen LogP contribution in [0, 0.1) is 0 Å². The fourth-order valence-corrected chi connectivity index (χ4v) is 3.47. The minimum absolute atomic E-state index is 0.0915. The number of benzene rings is 2. The zero-order valence-corrected chi connectivity index (χ0v) is 20.2. The van der Waals surface area contributed by atoms with Crippen molar-refractivity contribution in [2.75, 3.05) is 33.9 Å². The molecule has 37 heavy (non-hydrogen) atoms. The molecule has 1 aliphatic rings. The first-order valence-corrected chi connectivity index (χ1v) is 11.0. The number of hydrogen-bond donors (Lipinski definition) is 0. The molecule has 1 heterocycles. The van der Waals surface area contributed by atoms with Gasteiger partial charge < -0.3 is 18.9 Å². The molecule has 2 aromatic rings. The molecule has 0 spiro atoms. The number of ether oxygens (including phenoxy) is 4. The quantitative estimate of drug-likeness (QED) is 0.314. The van der Waals surface area contributed by atoms with E-state index in [4.69, 9.17) is 9.47 Å². The molecule has 0 radical (unpaired) electrons. The molecular formula is C25H25F6NO5. The van der Waals surface area contributed by atoms with Crippen LogP contribution in [0.15, 0.2) is 42.0 Å². The Hall–Kier alpha value is -3.41. The van der Waals surface area contributed by atoms with Crippen molar-refractivity contribution in [1.29, 1.82) is 0 Å². The van der Waals surface area contributed by atoms with Crippen LogP contribution in [0.4, 0.5) is 26.3 Å². The van der Waals surface area contributed by atoms with E-state index in [1.165, 1.54) is 13.2 Å². The van der Waals surface area contributed by atoms with E-state index in [1.807, 2.05) is 6.08 Å². The van der Waals surface area contributed by atoms with Gasteiger partial charge in [-0.3, -0.25) is 9.69 Å². The summed E-state index contributed by atoms with van der Waals surface area (Å²) in [5.41, 5.74) is 0.455. The molecule has 1 atom stereocenters. The molecule has 1 aliphatic heterocycles. The molecule has 202 valence electrons. The smallest absolute Gasteiger partial charge is 0.425 e. The summed E-state index contributed by atoms with van der Waals surface area (Å²) in [5.74, 6) is -0.429. The van der Waals surface area contributed by atoms with Gasteiger partial charge in [0.25, 0.3) is 0 Å². The third-order valence-electron chi connectivity index (χ3n) is 5.38. The molecule has 0 saturated carbocycles. The minimum atomic E-state index is -4.93. The second-order valence-electron chi connectivity index (χ2n) is 8.46. The Morgan fingerprint density at radius 2 is 1.84 bits per heavy atom. The van der Waals surface area contributed by atoms with Crippen LogP contribution in [0.1, 0.15) is 23.6 Å². The van der Waals surface area contributed by atoms with Gasteiger partial charge in [-0.25, -0.2) is 0 Å². The molecule has 0 amide bonds. The van der Waals surface area contributed by atoms with E-state index >= 15 is 0 Å². The summed E-state index contributed by atoms with van der Waals surface area (Å²) in [5, 5.41) is 0. The van der Waals surface area contributed by atoms with Gasteiger partial charge in [0.2, 0.25) is 0 Å². The van der Waals surface area contributed by atoms with Gasteiger partial charge in [-0.2, -0.15) is 26.3 Å². The Kier molecular flexibility index (Phi) is 8.62. The summed E-state index contributed by atoms with van der Waals surface area (Å²) in [6.07, 6.45) is -10.2. The molecule has 12 heteroatoms. The van der Waals surface area contributed by atoms with Crippen LogP contribution in [0.25, 0.3) is 6.08 Å². The Morgan fingerprint density at radius 1 is 1.11 bits per heavy atom. The van der Waals surface area contributed by atoms with Crippen molar-refractivity contribution in [3.8, 4) is 17.2 Å². The monoisotopic (exact) mass is 533 g/mol. The van der Waals surface area contributed by atoms with E-state index in [9.17, 15) is 31.1 Å². The standard InChI is InChI=1S/C25H25F6NO5/c1-15(24(26,27)28)37-21-7-4-16(9-20(21)25(29,30)31)13-35-19-6-5-18-8-17(14-36-22(18)10-19)11-32(2)12-23(33)34-3/h4-10,15H,11-14H2,1-3H3/t15-/m0/s1. The SMILES string of the molecule is COC(=O)CN(C)CC1=Cc2ccc(OCc3ccc(O[C@@H](C)C(F)(F)F)c(C(F)(F)F)c3)cc2OC1. The van der Waals surface area contributed by atoms with Crippen LogP contribution >= 0.6 is 0 Å². The van der Waals surface area contributed by atoms with Gasteiger partial charge >= 0.3 is 18.3 Å². The molecule has 0 bridgehead atoms. The highest BCUT2D eigenvalue weighted by Gasteiger charge is 2.41. The molecule has 0 unspecified atom stereocenters. The van der Waals surface area contributed by atoms with Crippen LogP contribution in [0.5, 0.6) is 17.2 Å². The highest BCUT2D eigenvalue weighted by molar-refractivity contribution is 5.71. The van der Waals surface area contributed by atoms with Crippen LogP contribution in [0.3, 0.4) is 0 Å². The number of carbonyl (C=O) groups is 1. The number of rotatable bonds is 9. The topological polar surface area (TPSA) is 57.2 Å². The van der Waals surface area contributed by atoms with Crippen LogP contribution in [0.2, 0.25) is 0 Å². The van der Waals surface area contributed by atoms with Crippen LogP contribution in [-0.2, 0) is 22.3 Å². The van der Waals surface area contributed by atoms with Gasteiger partial charge in [-0.05, 0) is 55.4 Å². The number of likely N-dealkylation sites (N-methyl/N-ethyl adjacent to an activating group) is 1. The molecule has 0 saturated heterocycles. The number of methoxy groups -OCH3 is 1. The number of carbonyl (C=O) groups excluding carboxylic acids is 1. The molecular weight excluding hydrogens is 508 g/mol. The van der Waals surface area contributed by atoms with E-state index < -0.39 is 29.8 Å². The van der Waals surface area contributed by atoms with Gasteiger partial charge in [-0.15, -0.1) is 0 Å². The summed E-state index contributed by atoms with van der Waals surface area (Å²) in [4.78, 5) is 13.2. The summed E-state index contributed by atoms with van der Waals surface area (Å²) < 4.78 is 99.2. The Balaban J connectivity index is 1.68. The van der Waals surface area contributed by atoms with Crippen molar-refractivity contribution in [2.45, 2.75) is 32.0 Å². The number of nitrogens with zero attached hydrogens (tertiary/aromatic N) is 1. The first-order valence-electron chi connectivity index (χ1n) is 11.0. The highest BCUT2D eigenvalue weighted by atomic mass is 19.4. The maximum absolute atomic E-state index is 13.5. The van der Waals surface area contributed by atoms with Gasteiger partial charge in [0, 0.05) is 18.2 Å². The molecule has 0 aliphatic carbocycles. The number of fused-ring (bicyclic) bond motifs is 1. The Labute approximate surface area is 209 Å².